The zero-order chi connectivity index (χ0) is 11.9. The maximum Gasteiger partial charge on any atom is 0.322 e. The van der Waals surface area contributed by atoms with Crippen LogP contribution in [0.15, 0.2) is 0 Å². The van der Waals surface area contributed by atoms with Gasteiger partial charge in [-0.05, 0) is 12.8 Å². The van der Waals surface area contributed by atoms with Gasteiger partial charge < -0.3 is 10.2 Å². The maximum atomic E-state index is 11.8. The number of nitrogens with zero attached hydrogens (tertiary/aromatic N) is 1. The minimum atomic E-state index is -3.78. The van der Waals surface area contributed by atoms with E-state index in [0.717, 1.165) is 17.1 Å². The quantitative estimate of drug-likeness (QED) is 0.563. The molecule has 7 nitrogen and oxygen atoms in total. The SMILES string of the molecule is O=C(O)[C@@H]1C[C@H](O)CN1S(=O)(=O)NC1CC1. The number of nitrogens with one attached hydrogen (secondary N) is 1. The van der Waals surface area contributed by atoms with Crippen LogP contribution in [-0.2, 0) is 15.0 Å². The number of aliphatic carboxylic acids is 1. The standard InChI is InChI=1S/C8H14N2O5S/c11-6-3-7(8(12)13)10(4-6)16(14,15)9-5-1-2-5/h5-7,9,11H,1-4H2,(H,12,13)/t6-,7-/m0/s1. The maximum absolute atomic E-state index is 11.8. The van der Waals surface area contributed by atoms with Crippen molar-refractivity contribution in [3.05, 3.63) is 0 Å². The number of carboxylic acids is 1. The Kier molecular flexibility index (Phi) is 2.91. The first-order valence-corrected chi connectivity index (χ1v) is 6.54. The minimum absolute atomic E-state index is 0.0547. The third-order valence-electron chi connectivity index (χ3n) is 2.72. The van der Waals surface area contributed by atoms with Crippen LogP contribution < -0.4 is 4.72 Å². The van der Waals surface area contributed by atoms with Gasteiger partial charge in [-0.25, -0.2) is 0 Å². The van der Waals surface area contributed by atoms with Gasteiger partial charge >= 0.3 is 5.97 Å². The lowest BCUT2D eigenvalue weighted by molar-refractivity contribution is -0.140. The Balaban J connectivity index is 2.14. The molecule has 1 aliphatic heterocycles. The Morgan fingerprint density at radius 1 is 1.38 bits per heavy atom. The summed E-state index contributed by atoms with van der Waals surface area (Å²) < 4.78 is 26.8. The molecule has 3 N–H and O–H groups in total. The van der Waals surface area contributed by atoms with Gasteiger partial charge in [-0.2, -0.15) is 17.4 Å². The monoisotopic (exact) mass is 250 g/mol. The summed E-state index contributed by atoms with van der Waals surface area (Å²) in [7, 11) is -3.78. The van der Waals surface area contributed by atoms with Crippen LogP contribution >= 0.6 is 0 Å². The molecule has 1 aliphatic carbocycles. The van der Waals surface area contributed by atoms with Crippen molar-refractivity contribution in [1.82, 2.24) is 9.03 Å². The van der Waals surface area contributed by atoms with Gasteiger partial charge in [0.25, 0.3) is 10.2 Å². The van der Waals surface area contributed by atoms with E-state index in [1.807, 2.05) is 0 Å². The molecular formula is C8H14N2O5S. The topological polar surface area (TPSA) is 107 Å². The Bertz CT molecular complexity index is 391. The van der Waals surface area contributed by atoms with Crippen molar-refractivity contribution in [2.75, 3.05) is 6.54 Å². The zero-order valence-corrected chi connectivity index (χ0v) is 9.35. The molecule has 0 aromatic rings. The van der Waals surface area contributed by atoms with E-state index in [2.05, 4.69) is 4.72 Å². The molecule has 92 valence electrons. The number of rotatable bonds is 4. The van der Waals surface area contributed by atoms with Crippen LogP contribution in [0.5, 0.6) is 0 Å². The third-order valence-corrected chi connectivity index (χ3v) is 4.37. The summed E-state index contributed by atoms with van der Waals surface area (Å²) in [6.07, 6.45) is 0.610. The fourth-order valence-electron chi connectivity index (χ4n) is 1.75. The average molecular weight is 250 g/mol. The Morgan fingerprint density at radius 2 is 2.00 bits per heavy atom. The second-order valence-corrected chi connectivity index (χ2v) is 5.87. The van der Waals surface area contributed by atoms with Gasteiger partial charge in [-0.1, -0.05) is 0 Å². The minimum Gasteiger partial charge on any atom is -0.480 e. The highest BCUT2D eigenvalue weighted by atomic mass is 32.2. The molecule has 0 bridgehead atoms. The molecule has 0 aromatic heterocycles. The van der Waals surface area contributed by atoms with Crippen molar-refractivity contribution in [3.63, 3.8) is 0 Å². The van der Waals surface area contributed by atoms with Crippen molar-refractivity contribution in [3.8, 4) is 0 Å². The second-order valence-electron chi connectivity index (χ2n) is 4.21. The van der Waals surface area contributed by atoms with E-state index in [1.54, 1.807) is 0 Å². The molecule has 2 atom stereocenters. The van der Waals surface area contributed by atoms with Gasteiger partial charge in [0.1, 0.15) is 6.04 Å². The van der Waals surface area contributed by atoms with Crippen molar-refractivity contribution in [2.45, 2.75) is 37.5 Å². The lowest BCUT2D eigenvalue weighted by Gasteiger charge is -2.20. The summed E-state index contributed by atoms with van der Waals surface area (Å²) in [5.74, 6) is -1.22. The number of aliphatic hydroxyl groups excluding tert-OH is 1. The summed E-state index contributed by atoms with van der Waals surface area (Å²) >= 11 is 0. The number of β-amino-alcohol motifs (C(OH)–C–C–N with tert-alkyl or cyclic N) is 1. The van der Waals surface area contributed by atoms with E-state index in [0.29, 0.717) is 0 Å². The van der Waals surface area contributed by atoms with Crippen LogP contribution in [0.4, 0.5) is 0 Å². The first kappa shape index (κ1) is 11.8. The van der Waals surface area contributed by atoms with Gasteiger partial charge in [-0.15, -0.1) is 0 Å². The molecule has 2 rings (SSSR count). The molecule has 0 radical (unpaired) electrons. The summed E-state index contributed by atoms with van der Waals surface area (Å²) in [5.41, 5.74) is 0. The van der Waals surface area contributed by atoms with E-state index in [9.17, 15) is 18.3 Å². The van der Waals surface area contributed by atoms with Crippen LogP contribution in [0, 0.1) is 0 Å². The molecule has 0 aromatic carbocycles. The fraction of sp³-hybridized carbons (Fsp3) is 0.875. The molecule has 1 saturated heterocycles. The van der Waals surface area contributed by atoms with E-state index in [4.69, 9.17) is 5.11 Å². The van der Waals surface area contributed by atoms with Crippen LogP contribution in [0.2, 0.25) is 0 Å². The summed E-state index contributed by atoms with van der Waals surface area (Å²) in [6.45, 7) is -0.154. The van der Waals surface area contributed by atoms with E-state index in [-0.39, 0.29) is 19.0 Å². The van der Waals surface area contributed by atoms with Gasteiger partial charge in [0.05, 0.1) is 6.10 Å². The van der Waals surface area contributed by atoms with Gasteiger partial charge in [0.15, 0.2) is 0 Å². The van der Waals surface area contributed by atoms with Crippen LogP contribution in [0.3, 0.4) is 0 Å². The number of hydrogen-bond acceptors (Lipinski definition) is 4. The first-order chi connectivity index (χ1) is 7.40. The van der Waals surface area contributed by atoms with Crippen LogP contribution in [0.1, 0.15) is 19.3 Å². The van der Waals surface area contributed by atoms with Crippen molar-refractivity contribution in [2.24, 2.45) is 0 Å². The van der Waals surface area contributed by atoms with E-state index < -0.39 is 28.3 Å². The molecule has 1 heterocycles. The van der Waals surface area contributed by atoms with Gasteiger partial charge in [-0.3, -0.25) is 4.79 Å². The molecule has 0 amide bonds. The van der Waals surface area contributed by atoms with E-state index in [1.165, 1.54) is 0 Å². The molecule has 2 aliphatic rings. The third kappa shape index (κ3) is 2.34. The van der Waals surface area contributed by atoms with Gasteiger partial charge in [0, 0.05) is 19.0 Å². The Morgan fingerprint density at radius 3 is 2.50 bits per heavy atom. The first-order valence-electron chi connectivity index (χ1n) is 5.10. The Labute approximate surface area is 93.2 Å². The molecule has 8 heteroatoms. The summed E-state index contributed by atoms with van der Waals surface area (Å²) in [6, 6.07) is -1.23. The second kappa shape index (κ2) is 3.95. The van der Waals surface area contributed by atoms with E-state index >= 15 is 0 Å². The van der Waals surface area contributed by atoms with Crippen molar-refractivity contribution < 1.29 is 23.4 Å². The lowest BCUT2D eigenvalue weighted by Crippen LogP contribution is -2.47. The predicted octanol–water partition coefficient (Wildman–Crippen LogP) is -1.50. The number of hydrogen-bond donors (Lipinski definition) is 3. The lowest BCUT2D eigenvalue weighted by atomic mass is 10.2. The number of carboxylic acid groups (broad SMARTS) is 1. The number of carbonyl (C=O) groups is 1. The molecule has 2 fully saturated rings. The smallest absolute Gasteiger partial charge is 0.322 e. The van der Waals surface area contributed by atoms with Crippen molar-refractivity contribution in [1.29, 1.82) is 0 Å². The number of aliphatic hydroxyl groups is 1. The summed E-state index contributed by atoms with van der Waals surface area (Å²) in [4.78, 5) is 10.9. The van der Waals surface area contributed by atoms with Crippen LogP contribution in [-0.4, -0.2) is 53.6 Å². The fourth-order valence-corrected chi connectivity index (χ4v) is 3.43. The van der Waals surface area contributed by atoms with Crippen molar-refractivity contribution >= 4 is 16.2 Å². The zero-order valence-electron chi connectivity index (χ0n) is 8.54. The normalized spacial score (nSPS) is 31.8. The Hall–Kier alpha value is -0.700. The molecule has 0 unspecified atom stereocenters. The highest BCUT2D eigenvalue weighted by Gasteiger charge is 2.44. The highest BCUT2D eigenvalue weighted by Crippen LogP contribution is 2.25. The predicted molar refractivity (Wildman–Crippen MR) is 53.8 cm³/mol. The van der Waals surface area contributed by atoms with Gasteiger partial charge in [0.2, 0.25) is 0 Å². The largest absolute Gasteiger partial charge is 0.480 e. The highest BCUT2D eigenvalue weighted by molar-refractivity contribution is 7.87. The van der Waals surface area contributed by atoms with Crippen LogP contribution in [0.25, 0.3) is 0 Å². The molecule has 0 spiro atoms. The molecule has 1 saturated carbocycles. The average Bonchev–Trinajstić information content (AvgIpc) is 2.84. The summed E-state index contributed by atoms with van der Waals surface area (Å²) in [5, 5.41) is 18.2. The molecular weight excluding hydrogens is 236 g/mol. The molecule has 16 heavy (non-hydrogen) atoms.